The van der Waals surface area contributed by atoms with Crippen molar-refractivity contribution in [2.45, 2.75) is 26.9 Å². The van der Waals surface area contributed by atoms with Crippen molar-refractivity contribution in [1.82, 2.24) is 19.7 Å². The third kappa shape index (κ3) is 2.56. The Labute approximate surface area is 139 Å². The molecule has 0 atom stereocenters. The second-order valence-corrected chi connectivity index (χ2v) is 5.76. The highest BCUT2D eigenvalue weighted by Gasteiger charge is 2.11. The summed E-state index contributed by atoms with van der Waals surface area (Å²) in [5.41, 5.74) is 4.24. The number of aryl methyl sites for hydroxylation is 2. The van der Waals surface area contributed by atoms with Crippen molar-refractivity contribution >= 4 is 17.0 Å². The van der Waals surface area contributed by atoms with Gasteiger partial charge >= 0.3 is 0 Å². The van der Waals surface area contributed by atoms with Crippen LogP contribution in [-0.2, 0) is 13.1 Å². The molecule has 0 aliphatic heterocycles. The Morgan fingerprint density at radius 3 is 2.92 bits per heavy atom. The molecule has 0 bridgehead atoms. The molecule has 3 heterocycles. The molecule has 6 heteroatoms. The van der Waals surface area contributed by atoms with Crippen LogP contribution in [0.1, 0.15) is 18.2 Å². The van der Waals surface area contributed by atoms with E-state index in [0.29, 0.717) is 6.54 Å². The second kappa shape index (κ2) is 5.88. The summed E-state index contributed by atoms with van der Waals surface area (Å²) in [5, 5.41) is 10.2. The molecule has 6 nitrogen and oxygen atoms in total. The summed E-state index contributed by atoms with van der Waals surface area (Å²) in [7, 11) is 0. The number of fused-ring (bicyclic) bond motifs is 1. The quantitative estimate of drug-likeness (QED) is 0.583. The normalized spacial score (nSPS) is 11.2. The number of aromatic amines is 1. The third-order valence-corrected chi connectivity index (χ3v) is 4.07. The Hall–Kier alpha value is -3.02. The van der Waals surface area contributed by atoms with Gasteiger partial charge in [-0.1, -0.05) is 6.07 Å². The zero-order chi connectivity index (χ0) is 16.5. The maximum absolute atomic E-state index is 5.85. The van der Waals surface area contributed by atoms with Crippen LogP contribution in [0.3, 0.4) is 0 Å². The predicted octanol–water partition coefficient (Wildman–Crippen LogP) is 3.96. The lowest BCUT2D eigenvalue weighted by Crippen LogP contribution is -2.06. The number of furan rings is 1. The first-order valence-corrected chi connectivity index (χ1v) is 8.04. The van der Waals surface area contributed by atoms with Gasteiger partial charge in [-0.25, -0.2) is 4.98 Å². The number of H-pyrrole nitrogens is 1. The van der Waals surface area contributed by atoms with Gasteiger partial charge in [0, 0.05) is 12.7 Å². The predicted molar refractivity (Wildman–Crippen MR) is 93.8 cm³/mol. The number of imidazole rings is 1. The van der Waals surface area contributed by atoms with E-state index in [-0.39, 0.29) is 0 Å². The van der Waals surface area contributed by atoms with Crippen LogP contribution >= 0.6 is 0 Å². The van der Waals surface area contributed by atoms with Crippen molar-refractivity contribution in [3.63, 3.8) is 0 Å². The lowest BCUT2D eigenvalue weighted by atomic mass is 10.2. The smallest absolute Gasteiger partial charge is 0.204 e. The molecule has 0 radical (unpaired) electrons. The highest BCUT2D eigenvalue weighted by Crippen LogP contribution is 2.23. The molecule has 0 saturated heterocycles. The average Bonchev–Trinajstić information content (AvgIpc) is 3.30. The molecule has 0 spiro atoms. The summed E-state index contributed by atoms with van der Waals surface area (Å²) in [5.74, 6) is 2.49. The van der Waals surface area contributed by atoms with Crippen LogP contribution in [-0.4, -0.2) is 19.7 Å². The summed E-state index contributed by atoms with van der Waals surface area (Å²) in [6, 6.07) is 12.1. The monoisotopic (exact) mass is 321 g/mol. The van der Waals surface area contributed by atoms with Gasteiger partial charge in [0.05, 0.1) is 17.6 Å². The summed E-state index contributed by atoms with van der Waals surface area (Å²) in [4.78, 5) is 4.71. The first-order valence-electron chi connectivity index (χ1n) is 8.04. The van der Waals surface area contributed by atoms with Crippen LogP contribution in [0, 0.1) is 6.92 Å². The van der Waals surface area contributed by atoms with E-state index in [0.717, 1.165) is 40.7 Å². The van der Waals surface area contributed by atoms with Crippen LogP contribution < -0.4 is 5.32 Å². The van der Waals surface area contributed by atoms with Crippen LogP contribution in [0.5, 0.6) is 0 Å². The van der Waals surface area contributed by atoms with Crippen molar-refractivity contribution in [3.8, 4) is 11.5 Å². The largest absolute Gasteiger partial charge is 0.458 e. The average molecular weight is 321 g/mol. The van der Waals surface area contributed by atoms with Gasteiger partial charge < -0.3 is 14.3 Å². The lowest BCUT2D eigenvalue weighted by molar-refractivity contribution is 0.528. The molecule has 0 aliphatic rings. The maximum Gasteiger partial charge on any atom is 0.204 e. The second-order valence-electron chi connectivity index (χ2n) is 5.76. The van der Waals surface area contributed by atoms with Gasteiger partial charge in [0.15, 0.2) is 5.76 Å². The first-order chi connectivity index (χ1) is 11.7. The number of hydrogen-bond donors (Lipinski definition) is 2. The Morgan fingerprint density at radius 1 is 1.21 bits per heavy atom. The Bertz CT molecular complexity index is 965. The summed E-state index contributed by atoms with van der Waals surface area (Å²) >= 11 is 0. The van der Waals surface area contributed by atoms with Crippen LogP contribution in [0.4, 0.5) is 5.95 Å². The molecule has 1 aromatic carbocycles. The SMILES string of the molecule is CCn1c(NCc2ccc(-c3ccn[nH]3)o2)nc2cc(C)ccc21. The summed E-state index contributed by atoms with van der Waals surface area (Å²) in [6.07, 6.45) is 1.71. The molecule has 24 heavy (non-hydrogen) atoms. The topological polar surface area (TPSA) is 71.7 Å². The molecule has 4 rings (SSSR count). The number of rotatable bonds is 5. The van der Waals surface area contributed by atoms with Crippen molar-refractivity contribution in [1.29, 1.82) is 0 Å². The van der Waals surface area contributed by atoms with Crippen molar-refractivity contribution in [2.24, 2.45) is 0 Å². The Kier molecular flexibility index (Phi) is 3.57. The first kappa shape index (κ1) is 14.6. The molecule has 3 aromatic heterocycles. The fraction of sp³-hybridized carbons (Fsp3) is 0.222. The molecule has 0 unspecified atom stereocenters. The van der Waals surface area contributed by atoms with E-state index in [1.165, 1.54) is 5.56 Å². The van der Waals surface area contributed by atoms with Crippen molar-refractivity contribution < 1.29 is 4.42 Å². The zero-order valence-corrected chi connectivity index (χ0v) is 13.7. The Balaban J connectivity index is 1.56. The number of nitrogens with zero attached hydrogens (tertiary/aromatic N) is 3. The van der Waals surface area contributed by atoms with Gasteiger partial charge in [0.25, 0.3) is 0 Å². The van der Waals surface area contributed by atoms with E-state index in [1.54, 1.807) is 6.20 Å². The summed E-state index contributed by atoms with van der Waals surface area (Å²) in [6.45, 7) is 5.64. The number of nitrogens with one attached hydrogen (secondary N) is 2. The number of benzene rings is 1. The molecule has 122 valence electrons. The van der Waals surface area contributed by atoms with Gasteiger partial charge in [0.1, 0.15) is 11.5 Å². The molecular formula is C18H19N5O. The van der Waals surface area contributed by atoms with E-state index in [2.05, 4.69) is 52.1 Å². The van der Waals surface area contributed by atoms with Gasteiger partial charge in [-0.3, -0.25) is 5.10 Å². The van der Waals surface area contributed by atoms with Crippen LogP contribution in [0.15, 0.2) is 47.0 Å². The number of aromatic nitrogens is 4. The third-order valence-electron chi connectivity index (χ3n) is 4.07. The number of anilines is 1. The molecule has 4 aromatic rings. The molecule has 0 fully saturated rings. The van der Waals surface area contributed by atoms with Crippen molar-refractivity contribution in [3.05, 3.63) is 53.9 Å². The highest BCUT2D eigenvalue weighted by molar-refractivity contribution is 5.79. The highest BCUT2D eigenvalue weighted by atomic mass is 16.3. The van der Waals surface area contributed by atoms with Gasteiger partial charge in [-0.2, -0.15) is 5.10 Å². The van der Waals surface area contributed by atoms with Crippen LogP contribution in [0.2, 0.25) is 0 Å². The molecule has 2 N–H and O–H groups in total. The molecular weight excluding hydrogens is 302 g/mol. The van der Waals surface area contributed by atoms with E-state index < -0.39 is 0 Å². The van der Waals surface area contributed by atoms with E-state index in [9.17, 15) is 0 Å². The fourth-order valence-corrected chi connectivity index (χ4v) is 2.87. The minimum absolute atomic E-state index is 0.580. The summed E-state index contributed by atoms with van der Waals surface area (Å²) < 4.78 is 8.02. The van der Waals surface area contributed by atoms with E-state index in [4.69, 9.17) is 9.40 Å². The maximum atomic E-state index is 5.85. The minimum atomic E-state index is 0.580. The fourth-order valence-electron chi connectivity index (χ4n) is 2.87. The molecule has 0 saturated carbocycles. The van der Waals surface area contributed by atoms with Crippen LogP contribution in [0.25, 0.3) is 22.5 Å². The van der Waals surface area contributed by atoms with Gasteiger partial charge in [-0.05, 0) is 49.7 Å². The van der Waals surface area contributed by atoms with Gasteiger partial charge in [0.2, 0.25) is 5.95 Å². The zero-order valence-electron chi connectivity index (χ0n) is 13.7. The molecule has 0 amide bonds. The van der Waals surface area contributed by atoms with Gasteiger partial charge in [-0.15, -0.1) is 0 Å². The Morgan fingerprint density at radius 2 is 2.12 bits per heavy atom. The minimum Gasteiger partial charge on any atom is -0.458 e. The van der Waals surface area contributed by atoms with Crippen molar-refractivity contribution in [2.75, 3.05) is 5.32 Å². The van der Waals surface area contributed by atoms with E-state index >= 15 is 0 Å². The molecule has 0 aliphatic carbocycles. The lowest BCUT2D eigenvalue weighted by Gasteiger charge is -2.07. The number of hydrogen-bond acceptors (Lipinski definition) is 4. The standard InChI is InChI=1S/C18H19N5O/c1-3-23-16-6-4-12(2)10-15(16)21-18(23)19-11-13-5-7-17(24-13)14-8-9-20-22-14/h4-10H,3,11H2,1-2H3,(H,19,21)(H,20,22). The van der Waals surface area contributed by atoms with E-state index in [1.807, 2.05) is 18.2 Å².